The molecule has 1 saturated heterocycles. The molecule has 6 nitrogen and oxygen atoms in total. The molecular formula is C12H19N5O. The summed E-state index contributed by atoms with van der Waals surface area (Å²) in [7, 11) is 0. The van der Waals surface area contributed by atoms with Gasteiger partial charge in [-0.3, -0.25) is 4.79 Å². The summed E-state index contributed by atoms with van der Waals surface area (Å²) in [6.45, 7) is 4.76. The van der Waals surface area contributed by atoms with Crippen molar-refractivity contribution in [3.63, 3.8) is 0 Å². The number of hydrogen-bond donors (Lipinski definition) is 2. The van der Waals surface area contributed by atoms with Crippen LogP contribution in [0.5, 0.6) is 0 Å². The number of amides is 1. The first-order valence-electron chi connectivity index (χ1n) is 6.66. The fourth-order valence-corrected chi connectivity index (χ4v) is 2.69. The average molecular weight is 249 g/mol. The summed E-state index contributed by atoms with van der Waals surface area (Å²) in [6, 6.07) is -0.161. The molecule has 6 heteroatoms. The second-order valence-electron chi connectivity index (χ2n) is 5.28. The second-order valence-corrected chi connectivity index (χ2v) is 5.28. The molecule has 2 aliphatic heterocycles. The van der Waals surface area contributed by atoms with E-state index in [1.807, 2.05) is 0 Å². The molecule has 0 saturated carbocycles. The van der Waals surface area contributed by atoms with Crippen LogP contribution in [0.25, 0.3) is 0 Å². The van der Waals surface area contributed by atoms with Crippen LogP contribution in [0.4, 0.5) is 0 Å². The van der Waals surface area contributed by atoms with Crippen molar-refractivity contribution in [1.82, 2.24) is 25.4 Å². The monoisotopic (exact) mass is 249 g/mol. The molecule has 0 aromatic carbocycles. The minimum atomic E-state index is -0.161. The van der Waals surface area contributed by atoms with Crippen molar-refractivity contribution >= 4 is 5.91 Å². The molecule has 1 aromatic rings. The van der Waals surface area contributed by atoms with Gasteiger partial charge >= 0.3 is 0 Å². The van der Waals surface area contributed by atoms with E-state index in [9.17, 15) is 4.79 Å². The quantitative estimate of drug-likeness (QED) is 0.740. The lowest BCUT2D eigenvalue weighted by molar-refractivity contribution is -0.124. The van der Waals surface area contributed by atoms with Crippen molar-refractivity contribution in [1.29, 1.82) is 0 Å². The third-order valence-electron chi connectivity index (χ3n) is 3.80. The molecule has 2 unspecified atom stereocenters. The summed E-state index contributed by atoms with van der Waals surface area (Å²) >= 11 is 0. The van der Waals surface area contributed by atoms with Crippen LogP contribution in [0.2, 0.25) is 0 Å². The van der Waals surface area contributed by atoms with Crippen molar-refractivity contribution in [2.24, 2.45) is 5.92 Å². The van der Waals surface area contributed by atoms with Gasteiger partial charge in [-0.2, -0.15) is 0 Å². The first-order chi connectivity index (χ1) is 8.74. The van der Waals surface area contributed by atoms with E-state index < -0.39 is 0 Å². The Morgan fingerprint density at radius 3 is 3.11 bits per heavy atom. The summed E-state index contributed by atoms with van der Waals surface area (Å²) in [5, 5.41) is 14.6. The lowest BCUT2D eigenvalue weighted by atomic mass is 10.00. The zero-order valence-corrected chi connectivity index (χ0v) is 10.6. The number of fused-ring (bicyclic) bond motifs is 1. The number of carbonyl (C=O) groups excluding carboxylic acids is 1. The summed E-state index contributed by atoms with van der Waals surface area (Å²) in [5.74, 6) is 2.76. The maximum absolute atomic E-state index is 11.7. The van der Waals surface area contributed by atoms with Crippen molar-refractivity contribution in [2.75, 3.05) is 13.1 Å². The van der Waals surface area contributed by atoms with Gasteiger partial charge in [0.15, 0.2) is 0 Å². The van der Waals surface area contributed by atoms with Crippen LogP contribution in [-0.4, -0.2) is 39.8 Å². The molecule has 18 heavy (non-hydrogen) atoms. The molecule has 0 spiro atoms. The minimum absolute atomic E-state index is 0.0720. The van der Waals surface area contributed by atoms with E-state index in [1.165, 1.54) is 6.42 Å². The maximum Gasteiger partial charge on any atom is 0.237 e. The number of hydrogen-bond acceptors (Lipinski definition) is 4. The molecule has 3 rings (SSSR count). The molecule has 3 heterocycles. The lowest BCUT2D eigenvalue weighted by Gasteiger charge is -2.24. The minimum Gasteiger partial charge on any atom is -0.353 e. The zero-order chi connectivity index (χ0) is 12.5. The van der Waals surface area contributed by atoms with Crippen molar-refractivity contribution in [3.8, 4) is 0 Å². The summed E-state index contributed by atoms with van der Waals surface area (Å²) in [5.41, 5.74) is 0. The normalized spacial score (nSPS) is 27.7. The third-order valence-corrected chi connectivity index (χ3v) is 3.80. The number of nitrogens with zero attached hydrogens (tertiary/aromatic N) is 3. The smallest absolute Gasteiger partial charge is 0.237 e. The van der Waals surface area contributed by atoms with Crippen LogP contribution in [0.15, 0.2) is 0 Å². The van der Waals surface area contributed by atoms with E-state index in [2.05, 4.69) is 32.3 Å². The summed E-state index contributed by atoms with van der Waals surface area (Å²) in [6.07, 6.45) is 2.80. The van der Waals surface area contributed by atoms with Gasteiger partial charge in [0.1, 0.15) is 11.6 Å². The van der Waals surface area contributed by atoms with Crippen LogP contribution in [-0.2, 0) is 24.2 Å². The van der Waals surface area contributed by atoms with E-state index in [0.717, 1.165) is 31.2 Å². The highest BCUT2D eigenvalue weighted by Gasteiger charge is 2.26. The molecular weight excluding hydrogens is 230 g/mol. The van der Waals surface area contributed by atoms with Gasteiger partial charge in [0, 0.05) is 32.5 Å². The van der Waals surface area contributed by atoms with Crippen LogP contribution >= 0.6 is 0 Å². The largest absolute Gasteiger partial charge is 0.353 e. The maximum atomic E-state index is 11.7. The molecule has 0 radical (unpaired) electrons. The van der Waals surface area contributed by atoms with E-state index in [4.69, 9.17) is 0 Å². The van der Waals surface area contributed by atoms with E-state index in [0.29, 0.717) is 18.9 Å². The van der Waals surface area contributed by atoms with Gasteiger partial charge < -0.3 is 15.2 Å². The Labute approximate surface area is 106 Å². The van der Waals surface area contributed by atoms with E-state index in [1.54, 1.807) is 0 Å². The highest BCUT2D eigenvalue weighted by molar-refractivity contribution is 5.82. The Kier molecular flexibility index (Phi) is 3.03. The number of aromatic nitrogens is 3. The predicted octanol–water partition coefficient (Wildman–Crippen LogP) is -0.509. The zero-order valence-electron chi connectivity index (χ0n) is 10.6. The van der Waals surface area contributed by atoms with Gasteiger partial charge in [-0.1, -0.05) is 6.92 Å². The Hall–Kier alpha value is -1.43. The van der Waals surface area contributed by atoms with Crippen LogP contribution in [0.1, 0.15) is 25.0 Å². The van der Waals surface area contributed by atoms with Gasteiger partial charge in [0.2, 0.25) is 5.91 Å². The first kappa shape index (κ1) is 11.6. The van der Waals surface area contributed by atoms with E-state index >= 15 is 0 Å². The van der Waals surface area contributed by atoms with E-state index in [-0.39, 0.29) is 11.9 Å². The highest BCUT2D eigenvalue weighted by atomic mass is 16.2. The SMILES string of the molecule is CC1CCn2c(nnc2CC2NCCNC2=O)C1. The van der Waals surface area contributed by atoms with Crippen molar-refractivity contribution in [3.05, 3.63) is 11.6 Å². The molecule has 1 amide bonds. The molecule has 98 valence electrons. The Balaban J connectivity index is 1.75. The van der Waals surface area contributed by atoms with Crippen LogP contribution in [0, 0.1) is 5.92 Å². The standard InChI is InChI=1S/C12H19N5O/c1-8-2-5-17-10(6-8)15-16-11(17)7-9-12(18)14-4-3-13-9/h8-9,13H,2-7H2,1H3,(H,14,18). The fraction of sp³-hybridized carbons (Fsp3) is 0.750. The predicted molar refractivity (Wildman–Crippen MR) is 66.0 cm³/mol. The average Bonchev–Trinajstić information content (AvgIpc) is 2.74. The number of piperazine rings is 1. The van der Waals surface area contributed by atoms with Crippen LogP contribution in [0.3, 0.4) is 0 Å². The molecule has 0 aliphatic carbocycles. The molecule has 2 atom stereocenters. The van der Waals surface area contributed by atoms with Crippen LogP contribution < -0.4 is 10.6 Å². The lowest BCUT2D eigenvalue weighted by Crippen LogP contribution is -2.54. The Morgan fingerprint density at radius 2 is 2.28 bits per heavy atom. The molecule has 2 N–H and O–H groups in total. The summed E-state index contributed by atoms with van der Waals surface area (Å²) < 4.78 is 2.18. The van der Waals surface area contributed by atoms with Gasteiger partial charge in [0.05, 0.1) is 6.04 Å². The Morgan fingerprint density at radius 1 is 1.39 bits per heavy atom. The fourth-order valence-electron chi connectivity index (χ4n) is 2.69. The second kappa shape index (κ2) is 4.68. The first-order valence-corrected chi connectivity index (χ1v) is 6.66. The topological polar surface area (TPSA) is 71.8 Å². The number of carbonyl (C=O) groups is 1. The molecule has 1 fully saturated rings. The number of rotatable bonds is 2. The Bertz CT molecular complexity index is 455. The third kappa shape index (κ3) is 2.12. The number of nitrogens with one attached hydrogen (secondary N) is 2. The van der Waals surface area contributed by atoms with Gasteiger partial charge in [0.25, 0.3) is 0 Å². The van der Waals surface area contributed by atoms with Crippen molar-refractivity contribution in [2.45, 2.75) is 38.8 Å². The van der Waals surface area contributed by atoms with Gasteiger partial charge in [-0.15, -0.1) is 10.2 Å². The highest BCUT2D eigenvalue weighted by Crippen LogP contribution is 2.20. The summed E-state index contributed by atoms with van der Waals surface area (Å²) in [4.78, 5) is 11.7. The molecule has 2 aliphatic rings. The molecule has 0 bridgehead atoms. The van der Waals surface area contributed by atoms with Crippen molar-refractivity contribution < 1.29 is 4.79 Å². The van der Waals surface area contributed by atoms with Gasteiger partial charge in [-0.05, 0) is 12.3 Å². The van der Waals surface area contributed by atoms with Gasteiger partial charge in [-0.25, -0.2) is 0 Å². The molecule has 1 aromatic heterocycles.